The van der Waals surface area contributed by atoms with Crippen LogP contribution in [0.5, 0.6) is 0 Å². The van der Waals surface area contributed by atoms with Crippen LogP contribution in [0.4, 0.5) is 0 Å². The summed E-state index contributed by atoms with van der Waals surface area (Å²) in [6, 6.07) is 0. The van der Waals surface area contributed by atoms with Gasteiger partial charge in [-0.25, -0.2) is 0 Å². The lowest BCUT2D eigenvalue weighted by Crippen LogP contribution is -2.30. The van der Waals surface area contributed by atoms with E-state index in [1.807, 2.05) is 0 Å². The molecular weight excluding hydrogens is 877 g/mol. The Hall–Kier alpha value is -2.37. The molecule has 0 aliphatic heterocycles. The van der Waals surface area contributed by atoms with Crippen LogP contribution in [0.15, 0.2) is 36.5 Å². The van der Waals surface area contributed by atoms with E-state index in [-0.39, 0.29) is 31.1 Å². The number of unbranched alkanes of at least 4 members (excludes halogenated alkanes) is 41. The zero-order chi connectivity index (χ0) is 51.4. The van der Waals surface area contributed by atoms with Gasteiger partial charge in [-0.15, -0.1) is 0 Å². The fourth-order valence-corrected chi connectivity index (χ4v) is 9.35. The molecule has 416 valence electrons. The highest BCUT2D eigenvalue weighted by Gasteiger charge is 2.19. The highest BCUT2D eigenvalue weighted by molar-refractivity contribution is 5.71. The molecule has 0 aromatic heterocycles. The molecular formula is C65H120O6. The third-order valence-electron chi connectivity index (χ3n) is 14.1. The van der Waals surface area contributed by atoms with Gasteiger partial charge < -0.3 is 14.2 Å². The average molecular weight is 998 g/mol. The lowest BCUT2D eigenvalue weighted by atomic mass is 10.0. The van der Waals surface area contributed by atoms with Crippen molar-refractivity contribution in [3.05, 3.63) is 36.5 Å². The second-order valence-electron chi connectivity index (χ2n) is 21.3. The molecule has 0 aromatic rings. The molecule has 1 atom stereocenters. The Balaban J connectivity index is 4.31. The molecule has 0 saturated heterocycles. The lowest BCUT2D eigenvalue weighted by Gasteiger charge is -2.18. The normalized spacial score (nSPS) is 12.2. The van der Waals surface area contributed by atoms with Crippen LogP contribution in [-0.4, -0.2) is 37.2 Å². The smallest absolute Gasteiger partial charge is 0.306 e. The Bertz CT molecular complexity index is 1190. The van der Waals surface area contributed by atoms with Gasteiger partial charge in [0.25, 0.3) is 0 Å². The summed E-state index contributed by atoms with van der Waals surface area (Å²) in [4.78, 5) is 38.3. The number of rotatable bonds is 58. The summed E-state index contributed by atoms with van der Waals surface area (Å²) in [5.41, 5.74) is 0. The van der Waals surface area contributed by atoms with Crippen LogP contribution >= 0.6 is 0 Å². The third-order valence-corrected chi connectivity index (χ3v) is 14.1. The average Bonchev–Trinajstić information content (AvgIpc) is 3.37. The largest absolute Gasteiger partial charge is 0.462 e. The number of hydrogen-bond donors (Lipinski definition) is 0. The fraction of sp³-hybridized carbons (Fsp3) is 0.862. The summed E-state index contributed by atoms with van der Waals surface area (Å²) in [5, 5.41) is 0. The van der Waals surface area contributed by atoms with Gasteiger partial charge in [-0.1, -0.05) is 282 Å². The molecule has 0 spiro atoms. The monoisotopic (exact) mass is 997 g/mol. The Morgan fingerprint density at radius 2 is 0.507 bits per heavy atom. The molecule has 0 saturated carbocycles. The zero-order valence-corrected chi connectivity index (χ0v) is 47.8. The first kappa shape index (κ1) is 68.6. The topological polar surface area (TPSA) is 78.9 Å². The van der Waals surface area contributed by atoms with Gasteiger partial charge in [-0.3, -0.25) is 14.4 Å². The van der Waals surface area contributed by atoms with E-state index in [1.54, 1.807) is 0 Å². The number of hydrogen-bond acceptors (Lipinski definition) is 6. The van der Waals surface area contributed by atoms with Crippen molar-refractivity contribution in [2.75, 3.05) is 13.2 Å². The maximum absolute atomic E-state index is 12.9. The van der Waals surface area contributed by atoms with E-state index in [0.717, 1.165) is 77.0 Å². The molecule has 6 nitrogen and oxygen atoms in total. The minimum atomic E-state index is -0.778. The van der Waals surface area contributed by atoms with Crippen molar-refractivity contribution in [1.82, 2.24) is 0 Å². The van der Waals surface area contributed by atoms with Crippen LogP contribution in [0.1, 0.15) is 342 Å². The standard InChI is InChI=1S/C65H120O6/c1-4-7-10-13-16-19-22-25-28-30-31-32-33-35-38-40-43-46-49-52-55-58-64(67)70-61-62(71-65(68)59-56-53-50-47-44-41-36-27-24-21-18-15-12-9-6-3)60-69-63(66)57-54-51-48-45-42-39-37-34-29-26-23-20-17-14-11-8-5-2/h17,20,26-27,29,36,62H,4-16,18-19,21-25,28,30-35,37-61H2,1-3H3/b20-17-,29-26-,36-27-/t62-/m1/s1. The minimum absolute atomic E-state index is 0.0740. The highest BCUT2D eigenvalue weighted by atomic mass is 16.6. The van der Waals surface area contributed by atoms with Gasteiger partial charge >= 0.3 is 17.9 Å². The van der Waals surface area contributed by atoms with E-state index in [0.29, 0.717) is 19.3 Å². The van der Waals surface area contributed by atoms with Gasteiger partial charge in [0.15, 0.2) is 6.10 Å². The molecule has 0 unspecified atom stereocenters. The predicted octanol–water partition coefficient (Wildman–Crippen LogP) is 21.2. The predicted molar refractivity (Wildman–Crippen MR) is 307 cm³/mol. The first-order valence-corrected chi connectivity index (χ1v) is 31.5. The fourth-order valence-electron chi connectivity index (χ4n) is 9.35. The van der Waals surface area contributed by atoms with Gasteiger partial charge in [-0.05, 0) is 77.0 Å². The molecule has 0 aliphatic rings. The molecule has 0 aliphatic carbocycles. The molecule has 0 N–H and O–H groups in total. The van der Waals surface area contributed by atoms with Gasteiger partial charge in [-0.2, -0.15) is 0 Å². The van der Waals surface area contributed by atoms with Crippen molar-refractivity contribution in [2.45, 2.75) is 348 Å². The quantitative estimate of drug-likeness (QED) is 0.0261. The summed E-state index contributed by atoms with van der Waals surface area (Å²) in [5.74, 6) is -0.868. The van der Waals surface area contributed by atoms with Gasteiger partial charge in [0.1, 0.15) is 13.2 Å². The molecule has 0 fully saturated rings. The molecule has 0 amide bonds. The summed E-state index contributed by atoms with van der Waals surface area (Å²) >= 11 is 0. The van der Waals surface area contributed by atoms with Crippen molar-refractivity contribution in [2.24, 2.45) is 0 Å². The van der Waals surface area contributed by atoms with Crippen LogP contribution < -0.4 is 0 Å². The second kappa shape index (κ2) is 60.2. The van der Waals surface area contributed by atoms with E-state index in [9.17, 15) is 14.4 Å². The van der Waals surface area contributed by atoms with Crippen LogP contribution in [0.25, 0.3) is 0 Å². The minimum Gasteiger partial charge on any atom is -0.462 e. The Morgan fingerprint density at radius 1 is 0.282 bits per heavy atom. The third kappa shape index (κ3) is 58.4. The number of carbonyl (C=O) groups excluding carboxylic acids is 3. The number of esters is 3. The summed E-state index contributed by atoms with van der Waals surface area (Å²) in [6.07, 6.45) is 72.9. The van der Waals surface area contributed by atoms with E-state index in [4.69, 9.17) is 14.2 Å². The van der Waals surface area contributed by atoms with Crippen LogP contribution in [0, 0.1) is 0 Å². The molecule has 71 heavy (non-hydrogen) atoms. The number of carbonyl (C=O) groups is 3. The van der Waals surface area contributed by atoms with Crippen molar-refractivity contribution in [3.8, 4) is 0 Å². The SMILES string of the molecule is CCCCC/C=C\C/C=C\CCCCCCCCCC(=O)OC[C@H](COC(=O)CCCCCCCCCCCCCCCCCCCCCCC)OC(=O)CCCCCCC/C=C\CCCCCCCC. The first-order valence-electron chi connectivity index (χ1n) is 31.5. The lowest BCUT2D eigenvalue weighted by molar-refractivity contribution is -0.167. The van der Waals surface area contributed by atoms with Gasteiger partial charge in [0.2, 0.25) is 0 Å². The molecule has 0 bridgehead atoms. The van der Waals surface area contributed by atoms with Gasteiger partial charge in [0, 0.05) is 19.3 Å². The molecule has 0 radical (unpaired) electrons. The van der Waals surface area contributed by atoms with Crippen LogP contribution in [0.3, 0.4) is 0 Å². The summed E-state index contributed by atoms with van der Waals surface area (Å²) < 4.78 is 16.9. The van der Waals surface area contributed by atoms with E-state index in [1.165, 1.54) is 225 Å². The summed E-state index contributed by atoms with van der Waals surface area (Å²) in [6.45, 7) is 6.65. The second-order valence-corrected chi connectivity index (χ2v) is 21.3. The van der Waals surface area contributed by atoms with Crippen LogP contribution in [0.2, 0.25) is 0 Å². The van der Waals surface area contributed by atoms with Crippen molar-refractivity contribution in [1.29, 1.82) is 0 Å². The summed E-state index contributed by atoms with van der Waals surface area (Å²) in [7, 11) is 0. The molecule has 0 aromatic carbocycles. The molecule has 0 heterocycles. The van der Waals surface area contributed by atoms with Crippen LogP contribution in [-0.2, 0) is 28.6 Å². The number of allylic oxidation sites excluding steroid dienone is 6. The number of ether oxygens (including phenoxy) is 3. The maximum Gasteiger partial charge on any atom is 0.306 e. The van der Waals surface area contributed by atoms with Crippen molar-refractivity contribution in [3.63, 3.8) is 0 Å². The zero-order valence-electron chi connectivity index (χ0n) is 47.8. The highest BCUT2D eigenvalue weighted by Crippen LogP contribution is 2.17. The van der Waals surface area contributed by atoms with E-state index in [2.05, 4.69) is 57.2 Å². The molecule has 0 rings (SSSR count). The van der Waals surface area contributed by atoms with E-state index < -0.39 is 6.10 Å². The Morgan fingerprint density at radius 3 is 0.817 bits per heavy atom. The molecule has 6 heteroatoms. The first-order chi connectivity index (χ1) is 35.0. The van der Waals surface area contributed by atoms with E-state index >= 15 is 0 Å². The van der Waals surface area contributed by atoms with Crippen molar-refractivity contribution >= 4 is 17.9 Å². The Labute approximate surface area is 442 Å². The van der Waals surface area contributed by atoms with Crippen molar-refractivity contribution < 1.29 is 28.6 Å². The maximum atomic E-state index is 12.9. The van der Waals surface area contributed by atoms with Gasteiger partial charge in [0.05, 0.1) is 0 Å². The Kier molecular flexibility index (Phi) is 58.2.